The lowest BCUT2D eigenvalue weighted by Gasteiger charge is -2.21. The van der Waals surface area contributed by atoms with Crippen LogP contribution in [-0.2, 0) is 4.57 Å². The van der Waals surface area contributed by atoms with Gasteiger partial charge in [-0.15, -0.1) is 0 Å². The predicted molar refractivity (Wildman–Crippen MR) is 47.4 cm³/mol. The molecule has 12 heavy (non-hydrogen) atoms. The third-order valence-corrected chi connectivity index (χ3v) is 0.677. The Morgan fingerprint density at radius 1 is 1.33 bits per heavy atom. The Morgan fingerprint density at radius 3 is 1.58 bits per heavy atom. The summed E-state index contributed by atoms with van der Waals surface area (Å²) in [5.74, 6) is 0. The van der Waals surface area contributed by atoms with E-state index >= 15 is 0 Å². The van der Waals surface area contributed by atoms with Crippen molar-refractivity contribution in [1.82, 2.24) is 0 Å². The zero-order valence-corrected chi connectivity index (χ0v) is 8.53. The molecule has 0 fully saturated rings. The van der Waals surface area contributed by atoms with Crippen LogP contribution < -0.4 is 0 Å². The fraction of sp³-hybridized carbons (Fsp3) is 0.667. The average molecular weight is 198 g/mol. The van der Waals surface area contributed by atoms with Crippen LogP contribution in [0.3, 0.4) is 0 Å². The van der Waals surface area contributed by atoms with E-state index in [1.165, 1.54) is 0 Å². The van der Waals surface area contributed by atoms with Gasteiger partial charge in [0.1, 0.15) is 0 Å². The second kappa shape index (κ2) is 5.45. The molecule has 0 aliphatic carbocycles. The highest BCUT2D eigenvalue weighted by Crippen LogP contribution is 2.25. The van der Waals surface area contributed by atoms with E-state index in [-0.39, 0.29) is 0 Å². The van der Waals surface area contributed by atoms with Crippen molar-refractivity contribution >= 4 is 7.82 Å². The van der Waals surface area contributed by atoms with Gasteiger partial charge in [0.05, 0.1) is 27.7 Å². The van der Waals surface area contributed by atoms with Crippen molar-refractivity contribution in [3.63, 3.8) is 0 Å². The first-order valence-corrected chi connectivity index (χ1v) is 4.82. The lowest BCUT2D eigenvalue weighted by Crippen LogP contribution is -2.33. The number of hydrogen-bond acceptors (Lipinski definition) is 1. The summed E-state index contributed by atoms with van der Waals surface area (Å²) in [4.78, 5) is 21.6. The first kappa shape index (κ1) is 14.3. The molecule has 3 N–H and O–H groups in total. The van der Waals surface area contributed by atoms with Gasteiger partial charge in [0.25, 0.3) is 0 Å². The van der Waals surface area contributed by atoms with Crippen molar-refractivity contribution in [2.45, 2.75) is 0 Å². The van der Waals surface area contributed by atoms with Crippen molar-refractivity contribution in [1.29, 1.82) is 0 Å². The third-order valence-electron chi connectivity index (χ3n) is 0.677. The smallest absolute Gasteiger partial charge is 0.328 e. The van der Waals surface area contributed by atoms with Crippen LogP contribution in [0, 0.1) is 0 Å². The van der Waals surface area contributed by atoms with Crippen molar-refractivity contribution in [2.75, 3.05) is 27.7 Å². The highest BCUT2D eigenvalue weighted by Gasteiger charge is 2.00. The lowest BCUT2D eigenvalue weighted by atomic mass is 10.5. The molecule has 74 valence electrons. The maximum Gasteiger partial charge on any atom is 0.466 e. The normalized spacial score (nSPS) is 11.5. The van der Waals surface area contributed by atoms with E-state index < -0.39 is 7.82 Å². The molecule has 0 saturated heterocycles. The van der Waals surface area contributed by atoms with Gasteiger partial charge < -0.3 is 19.2 Å². The molecule has 6 heteroatoms. The van der Waals surface area contributed by atoms with Crippen molar-refractivity contribution in [3.8, 4) is 0 Å². The molecule has 0 aromatic heterocycles. The zero-order chi connectivity index (χ0) is 10.4. The van der Waals surface area contributed by atoms with Crippen molar-refractivity contribution in [2.24, 2.45) is 0 Å². The molecule has 0 rings (SSSR count). The van der Waals surface area contributed by atoms with Gasteiger partial charge in [-0.3, -0.25) is 0 Å². The van der Waals surface area contributed by atoms with E-state index in [1.54, 1.807) is 0 Å². The molecule has 0 radical (unpaired) electrons. The van der Waals surface area contributed by atoms with Crippen LogP contribution in [0.5, 0.6) is 0 Å². The van der Waals surface area contributed by atoms with Gasteiger partial charge in [-0.05, 0) is 6.08 Å². The van der Waals surface area contributed by atoms with Crippen molar-refractivity contribution in [3.05, 3.63) is 12.7 Å². The summed E-state index contributed by atoms with van der Waals surface area (Å²) in [6, 6.07) is 0. The number of rotatable bonds is 2. The molecule has 0 aliphatic heterocycles. The Balaban J connectivity index is 0. The Hall–Kier alpha value is -0.190. The van der Waals surface area contributed by atoms with Gasteiger partial charge in [-0.25, -0.2) is 4.57 Å². The van der Waals surface area contributed by atoms with Crippen LogP contribution in [0.25, 0.3) is 0 Å². The maximum atomic E-state index is 8.88. The summed E-state index contributed by atoms with van der Waals surface area (Å²) >= 11 is 0. The lowest BCUT2D eigenvalue weighted by molar-refractivity contribution is -0.864. The predicted octanol–water partition coefficient (Wildman–Crippen LogP) is -0.0500. The van der Waals surface area contributed by atoms with E-state index in [0.29, 0.717) is 0 Å². The Bertz CT molecular complexity index is 161. The number of quaternary nitrogens is 1. The topological polar surface area (TPSA) is 77.8 Å². The highest BCUT2D eigenvalue weighted by atomic mass is 31.2. The highest BCUT2D eigenvalue weighted by molar-refractivity contribution is 7.45. The molecule has 0 aliphatic rings. The first-order chi connectivity index (χ1) is 5.06. The van der Waals surface area contributed by atoms with Crippen LogP contribution in [0.4, 0.5) is 0 Å². The van der Waals surface area contributed by atoms with Gasteiger partial charge in [-0.2, -0.15) is 0 Å². The average Bonchev–Trinajstić information content (AvgIpc) is 1.54. The van der Waals surface area contributed by atoms with Crippen LogP contribution in [0.2, 0.25) is 0 Å². The Morgan fingerprint density at radius 2 is 1.58 bits per heavy atom. The summed E-state index contributed by atoms with van der Waals surface area (Å²) in [6.45, 7) is 4.67. The van der Waals surface area contributed by atoms with Gasteiger partial charge >= 0.3 is 7.82 Å². The van der Waals surface area contributed by atoms with Gasteiger partial charge in [-0.1, -0.05) is 6.58 Å². The zero-order valence-electron chi connectivity index (χ0n) is 7.64. The summed E-state index contributed by atoms with van der Waals surface area (Å²) in [6.07, 6.45) is 1.93. The molecule has 5 nitrogen and oxygen atoms in total. The van der Waals surface area contributed by atoms with Gasteiger partial charge in [0.15, 0.2) is 0 Å². The molecule has 0 unspecified atom stereocenters. The Labute approximate surface area is 72.8 Å². The number of likely N-dealkylation sites (N-methyl/N-ethyl adjacent to an activating group) is 1. The largest absolute Gasteiger partial charge is 0.466 e. The second-order valence-corrected chi connectivity index (χ2v) is 4.30. The maximum absolute atomic E-state index is 8.88. The van der Waals surface area contributed by atoms with Crippen LogP contribution in [0.15, 0.2) is 12.7 Å². The van der Waals surface area contributed by atoms with Crippen LogP contribution in [-0.4, -0.2) is 46.9 Å². The van der Waals surface area contributed by atoms with E-state index in [1.807, 2.05) is 6.08 Å². The molecule has 0 spiro atoms. The molecule has 0 heterocycles. The minimum Gasteiger partial charge on any atom is -0.328 e. The summed E-state index contributed by atoms with van der Waals surface area (Å²) in [5, 5.41) is 0. The van der Waals surface area contributed by atoms with E-state index in [2.05, 4.69) is 27.7 Å². The third kappa shape index (κ3) is 52.5. The van der Waals surface area contributed by atoms with Crippen LogP contribution in [0.1, 0.15) is 0 Å². The number of hydrogen-bond donors (Lipinski definition) is 3. The van der Waals surface area contributed by atoms with E-state index in [4.69, 9.17) is 19.2 Å². The minimum atomic E-state index is -4.64. The van der Waals surface area contributed by atoms with E-state index in [9.17, 15) is 0 Å². The minimum absolute atomic E-state index is 0.976. The van der Waals surface area contributed by atoms with Gasteiger partial charge in [0.2, 0.25) is 0 Å². The summed E-state index contributed by atoms with van der Waals surface area (Å²) in [5.41, 5.74) is 0. The molecule has 0 aromatic carbocycles. The molecular weight excluding hydrogens is 181 g/mol. The fourth-order valence-corrected chi connectivity index (χ4v) is 0.387. The summed E-state index contributed by atoms with van der Waals surface area (Å²) < 4.78 is 9.86. The second-order valence-electron chi connectivity index (χ2n) is 3.27. The summed E-state index contributed by atoms with van der Waals surface area (Å²) in [7, 11) is 1.78. The monoisotopic (exact) mass is 198 g/mol. The molecule has 0 amide bonds. The molecule has 0 atom stereocenters. The quantitative estimate of drug-likeness (QED) is 0.330. The fourth-order valence-electron chi connectivity index (χ4n) is 0.387. The van der Waals surface area contributed by atoms with Gasteiger partial charge in [0, 0.05) is 0 Å². The first-order valence-electron chi connectivity index (χ1n) is 3.26. The van der Waals surface area contributed by atoms with Crippen molar-refractivity contribution < 1.29 is 23.7 Å². The van der Waals surface area contributed by atoms with Crippen LogP contribution >= 0.6 is 7.82 Å². The number of phosphoric acid groups is 1. The SMILES string of the molecule is C=CC[N+](C)(C)C.O=P(O)(O)O. The Kier molecular flexibility index (Phi) is 6.52. The molecular formula is C6H17NO4P+. The standard InChI is InChI=1S/C6H14N.H3O4P/c1-5-6-7(2,3)4;1-5(2,3)4/h5H,1,6H2,2-4H3;(H3,1,2,3,4)/q+1;. The molecule has 0 bridgehead atoms. The molecule has 0 aromatic rings. The van der Waals surface area contributed by atoms with E-state index in [0.717, 1.165) is 11.0 Å². The number of nitrogens with zero attached hydrogens (tertiary/aromatic N) is 1. The molecule has 0 saturated carbocycles.